The number of piperazine rings is 1. The Bertz CT molecular complexity index is 803. The van der Waals surface area contributed by atoms with Gasteiger partial charge in [0.05, 0.1) is 17.2 Å². The van der Waals surface area contributed by atoms with Gasteiger partial charge in [-0.15, -0.1) is 11.3 Å². The number of aryl methyl sites for hydroxylation is 2. The zero-order valence-electron chi connectivity index (χ0n) is 18.8. The van der Waals surface area contributed by atoms with Crippen molar-refractivity contribution >= 4 is 17.3 Å². The van der Waals surface area contributed by atoms with E-state index in [1.807, 2.05) is 0 Å². The summed E-state index contributed by atoms with van der Waals surface area (Å²) < 4.78 is 0. The predicted octanol–water partition coefficient (Wildman–Crippen LogP) is 3.19. The molecule has 0 spiro atoms. The summed E-state index contributed by atoms with van der Waals surface area (Å²) >= 11 is 1.74. The maximum Gasteiger partial charge on any atom is 0.191 e. The molecule has 164 valence electrons. The molecule has 0 amide bonds. The van der Waals surface area contributed by atoms with Gasteiger partial charge in [-0.1, -0.05) is 30.3 Å². The number of nitrogens with one attached hydrogen (secondary N) is 2. The molecule has 0 bridgehead atoms. The molecule has 0 aliphatic carbocycles. The second-order valence-electron chi connectivity index (χ2n) is 7.94. The molecule has 2 heterocycles. The molecule has 1 aromatic heterocycles. The molecule has 1 unspecified atom stereocenters. The Morgan fingerprint density at radius 2 is 2.00 bits per heavy atom. The van der Waals surface area contributed by atoms with Gasteiger partial charge in [0.1, 0.15) is 0 Å². The second kappa shape index (κ2) is 11.4. The Kier molecular flexibility index (Phi) is 8.66. The van der Waals surface area contributed by atoms with E-state index in [4.69, 9.17) is 4.99 Å². The second-order valence-corrected chi connectivity index (χ2v) is 9.23. The van der Waals surface area contributed by atoms with E-state index < -0.39 is 0 Å². The zero-order valence-corrected chi connectivity index (χ0v) is 19.6. The maximum absolute atomic E-state index is 4.76. The van der Waals surface area contributed by atoms with Crippen molar-refractivity contribution in [1.29, 1.82) is 0 Å². The largest absolute Gasteiger partial charge is 0.357 e. The quantitative estimate of drug-likeness (QED) is 0.384. The standard InChI is InChI=1S/C23H36N6S/c1-5-24-23(26-16-22-18(2)27-19(3)30-22)25-12-9-13-29-15-14-28(4)17-21(29)20-10-7-6-8-11-20/h6-8,10-11,21H,5,9,12-17H2,1-4H3,(H2,24,25,26). The van der Waals surface area contributed by atoms with E-state index in [9.17, 15) is 0 Å². The number of guanidine groups is 1. The van der Waals surface area contributed by atoms with Crippen molar-refractivity contribution in [3.63, 3.8) is 0 Å². The first kappa shape index (κ1) is 22.7. The average molecular weight is 429 g/mol. The molecule has 1 aromatic carbocycles. The first-order valence-electron chi connectivity index (χ1n) is 11.0. The third-order valence-corrected chi connectivity index (χ3v) is 6.58. The van der Waals surface area contributed by atoms with E-state index in [0.29, 0.717) is 12.6 Å². The van der Waals surface area contributed by atoms with Crippen LogP contribution in [0.15, 0.2) is 35.3 Å². The lowest BCUT2D eigenvalue weighted by Crippen LogP contribution is -2.47. The Balaban J connectivity index is 1.51. The van der Waals surface area contributed by atoms with Gasteiger partial charge in [-0.3, -0.25) is 4.90 Å². The smallest absolute Gasteiger partial charge is 0.191 e. The van der Waals surface area contributed by atoms with E-state index in [1.165, 1.54) is 10.4 Å². The van der Waals surface area contributed by atoms with Crippen LogP contribution < -0.4 is 10.6 Å². The summed E-state index contributed by atoms with van der Waals surface area (Å²) in [4.78, 5) is 15.6. The van der Waals surface area contributed by atoms with Gasteiger partial charge < -0.3 is 15.5 Å². The molecule has 30 heavy (non-hydrogen) atoms. The fourth-order valence-electron chi connectivity index (χ4n) is 3.92. The molecule has 6 nitrogen and oxygen atoms in total. The van der Waals surface area contributed by atoms with Crippen molar-refractivity contribution in [2.45, 2.75) is 39.8 Å². The fraction of sp³-hybridized carbons (Fsp3) is 0.565. The van der Waals surface area contributed by atoms with Crippen molar-refractivity contribution in [3.05, 3.63) is 51.5 Å². The normalized spacial score (nSPS) is 18.5. The summed E-state index contributed by atoms with van der Waals surface area (Å²) in [5, 5.41) is 7.97. The number of rotatable bonds is 8. The van der Waals surface area contributed by atoms with Crippen LogP contribution in [0.2, 0.25) is 0 Å². The van der Waals surface area contributed by atoms with E-state index in [-0.39, 0.29) is 0 Å². The molecule has 7 heteroatoms. The summed E-state index contributed by atoms with van der Waals surface area (Å²) in [5.74, 6) is 0.890. The number of aromatic nitrogens is 1. The Morgan fingerprint density at radius 1 is 1.20 bits per heavy atom. The van der Waals surface area contributed by atoms with Crippen LogP contribution in [0.25, 0.3) is 0 Å². The van der Waals surface area contributed by atoms with Gasteiger partial charge in [0.2, 0.25) is 0 Å². The maximum atomic E-state index is 4.76. The van der Waals surface area contributed by atoms with Gasteiger partial charge >= 0.3 is 0 Å². The van der Waals surface area contributed by atoms with Crippen LogP contribution in [-0.2, 0) is 6.54 Å². The third-order valence-electron chi connectivity index (χ3n) is 5.52. The Morgan fingerprint density at radius 3 is 2.70 bits per heavy atom. The van der Waals surface area contributed by atoms with E-state index in [2.05, 4.69) is 83.6 Å². The van der Waals surface area contributed by atoms with E-state index >= 15 is 0 Å². The topological polar surface area (TPSA) is 55.8 Å². The van der Waals surface area contributed by atoms with Crippen LogP contribution in [0.4, 0.5) is 0 Å². The number of likely N-dealkylation sites (N-methyl/N-ethyl adjacent to an activating group) is 1. The first-order chi connectivity index (χ1) is 14.6. The zero-order chi connectivity index (χ0) is 21.3. The van der Waals surface area contributed by atoms with Gasteiger partial charge in [-0.2, -0.15) is 0 Å². The summed E-state index contributed by atoms with van der Waals surface area (Å²) in [5.41, 5.74) is 2.52. The lowest BCUT2D eigenvalue weighted by Gasteiger charge is -2.40. The summed E-state index contributed by atoms with van der Waals surface area (Å²) in [6.45, 7) is 13.1. The molecule has 3 rings (SSSR count). The SMILES string of the molecule is CCNC(=NCc1sc(C)nc1C)NCCCN1CCN(C)CC1c1ccccc1. The molecular formula is C23H36N6S. The minimum atomic E-state index is 0.476. The molecule has 1 aliphatic rings. The molecule has 0 saturated carbocycles. The molecule has 1 aliphatic heterocycles. The summed E-state index contributed by atoms with van der Waals surface area (Å²) in [6, 6.07) is 11.4. The highest BCUT2D eigenvalue weighted by Crippen LogP contribution is 2.24. The number of aliphatic imine (C=N–C) groups is 1. The number of nitrogens with zero attached hydrogens (tertiary/aromatic N) is 4. The fourth-order valence-corrected chi connectivity index (χ4v) is 4.78. The van der Waals surface area contributed by atoms with Crippen LogP contribution >= 0.6 is 11.3 Å². The van der Waals surface area contributed by atoms with Crippen LogP contribution in [0.1, 0.15) is 40.5 Å². The molecule has 2 N–H and O–H groups in total. The van der Waals surface area contributed by atoms with Crippen LogP contribution in [0.3, 0.4) is 0 Å². The molecule has 1 saturated heterocycles. The number of thiazole rings is 1. The minimum absolute atomic E-state index is 0.476. The third kappa shape index (κ3) is 6.52. The molecule has 2 aromatic rings. The van der Waals surface area contributed by atoms with Crippen LogP contribution in [-0.4, -0.2) is 67.1 Å². The van der Waals surface area contributed by atoms with Crippen molar-refractivity contribution in [2.24, 2.45) is 4.99 Å². The Hall–Kier alpha value is -1.96. The minimum Gasteiger partial charge on any atom is -0.357 e. The molecule has 1 fully saturated rings. The van der Waals surface area contributed by atoms with Crippen molar-refractivity contribution in [1.82, 2.24) is 25.4 Å². The Labute approximate surface area is 185 Å². The van der Waals surface area contributed by atoms with Crippen molar-refractivity contribution < 1.29 is 0 Å². The lowest BCUT2D eigenvalue weighted by atomic mass is 10.0. The number of hydrogen-bond donors (Lipinski definition) is 2. The van der Waals surface area contributed by atoms with Crippen LogP contribution in [0.5, 0.6) is 0 Å². The van der Waals surface area contributed by atoms with Gasteiger partial charge in [0.25, 0.3) is 0 Å². The lowest BCUT2D eigenvalue weighted by molar-refractivity contribution is 0.0891. The first-order valence-corrected chi connectivity index (χ1v) is 11.8. The summed E-state index contributed by atoms with van der Waals surface area (Å²) in [7, 11) is 2.22. The van der Waals surface area contributed by atoms with Gasteiger partial charge in [0.15, 0.2) is 5.96 Å². The number of benzene rings is 1. The summed E-state index contributed by atoms with van der Waals surface area (Å²) in [6.07, 6.45) is 1.09. The molecule has 1 atom stereocenters. The number of hydrogen-bond acceptors (Lipinski definition) is 5. The van der Waals surface area contributed by atoms with Crippen molar-refractivity contribution in [2.75, 3.05) is 46.3 Å². The molecular weight excluding hydrogens is 392 g/mol. The van der Waals surface area contributed by atoms with Gasteiger partial charge in [0, 0.05) is 50.2 Å². The van der Waals surface area contributed by atoms with Crippen LogP contribution in [0, 0.1) is 13.8 Å². The highest BCUT2D eigenvalue weighted by molar-refractivity contribution is 7.11. The monoisotopic (exact) mass is 428 g/mol. The van der Waals surface area contributed by atoms with Crippen molar-refractivity contribution in [3.8, 4) is 0 Å². The van der Waals surface area contributed by atoms with E-state index in [1.54, 1.807) is 11.3 Å². The van der Waals surface area contributed by atoms with Gasteiger partial charge in [-0.25, -0.2) is 9.98 Å². The highest BCUT2D eigenvalue weighted by atomic mass is 32.1. The van der Waals surface area contributed by atoms with E-state index in [0.717, 1.165) is 62.4 Å². The predicted molar refractivity (Wildman–Crippen MR) is 127 cm³/mol. The average Bonchev–Trinajstić information content (AvgIpc) is 3.07. The molecule has 0 radical (unpaired) electrons. The van der Waals surface area contributed by atoms with Gasteiger partial charge in [-0.05, 0) is 39.8 Å². The highest BCUT2D eigenvalue weighted by Gasteiger charge is 2.25.